The van der Waals surface area contributed by atoms with Crippen LogP contribution in [0.5, 0.6) is 0 Å². The van der Waals surface area contributed by atoms with Gasteiger partial charge in [-0.25, -0.2) is 4.39 Å². The first kappa shape index (κ1) is 11.5. The van der Waals surface area contributed by atoms with Gasteiger partial charge in [0.2, 0.25) is 5.56 Å². The van der Waals surface area contributed by atoms with Crippen LogP contribution < -0.4 is 11.3 Å². The number of aromatic nitrogens is 1. The number of pyridine rings is 1. The summed E-state index contributed by atoms with van der Waals surface area (Å²) < 4.78 is 15.2. The highest BCUT2D eigenvalue weighted by Crippen LogP contribution is 2.22. The van der Waals surface area contributed by atoms with Gasteiger partial charge < -0.3 is 10.3 Å². The molecule has 2 N–H and O–H groups in total. The molecule has 0 aliphatic rings. The molecule has 0 amide bonds. The van der Waals surface area contributed by atoms with E-state index in [4.69, 9.17) is 5.73 Å². The molecule has 88 valence electrons. The van der Waals surface area contributed by atoms with E-state index in [1.807, 2.05) is 0 Å². The zero-order valence-electron chi connectivity index (χ0n) is 9.48. The van der Waals surface area contributed by atoms with E-state index < -0.39 is 0 Å². The summed E-state index contributed by atoms with van der Waals surface area (Å²) in [6.07, 6.45) is 1.61. The number of halogens is 1. The monoisotopic (exact) mass is 232 g/mol. The second-order valence-corrected chi connectivity index (χ2v) is 3.89. The Hall–Kier alpha value is -1.94. The van der Waals surface area contributed by atoms with Gasteiger partial charge in [0.25, 0.3) is 0 Å². The van der Waals surface area contributed by atoms with Crippen LogP contribution in [0.2, 0.25) is 0 Å². The number of hydrogen-bond acceptors (Lipinski definition) is 2. The van der Waals surface area contributed by atoms with E-state index in [1.165, 1.54) is 16.7 Å². The highest BCUT2D eigenvalue weighted by Gasteiger charge is 2.06. The Labute approximate surface area is 98.3 Å². The molecule has 2 aromatic rings. The molecular formula is C13H13FN2O. The van der Waals surface area contributed by atoms with Gasteiger partial charge in [0.1, 0.15) is 5.82 Å². The quantitative estimate of drug-likeness (QED) is 0.855. The Morgan fingerprint density at radius 1 is 1.29 bits per heavy atom. The van der Waals surface area contributed by atoms with E-state index in [2.05, 4.69) is 0 Å². The average Bonchev–Trinajstić information content (AvgIpc) is 2.32. The first-order chi connectivity index (χ1) is 8.11. The van der Waals surface area contributed by atoms with Crippen molar-refractivity contribution in [2.45, 2.75) is 6.54 Å². The summed E-state index contributed by atoms with van der Waals surface area (Å²) in [6, 6.07) is 7.91. The molecule has 0 radical (unpaired) electrons. The van der Waals surface area contributed by atoms with Crippen molar-refractivity contribution in [2.24, 2.45) is 12.8 Å². The fraction of sp³-hybridized carbons (Fsp3) is 0.154. The smallest absolute Gasteiger partial charge is 0.250 e. The predicted molar refractivity (Wildman–Crippen MR) is 65.0 cm³/mol. The Morgan fingerprint density at radius 3 is 2.65 bits per heavy atom. The molecule has 1 heterocycles. The van der Waals surface area contributed by atoms with Crippen molar-refractivity contribution in [3.63, 3.8) is 0 Å². The Kier molecular flexibility index (Phi) is 3.06. The van der Waals surface area contributed by atoms with Gasteiger partial charge in [-0.05, 0) is 17.7 Å². The summed E-state index contributed by atoms with van der Waals surface area (Å²) in [7, 11) is 1.64. The lowest BCUT2D eigenvalue weighted by atomic mass is 10.0. The fourth-order valence-electron chi connectivity index (χ4n) is 1.67. The van der Waals surface area contributed by atoms with Crippen LogP contribution in [0.25, 0.3) is 11.1 Å². The third kappa shape index (κ3) is 2.26. The van der Waals surface area contributed by atoms with Gasteiger partial charge in [-0.15, -0.1) is 0 Å². The molecule has 3 nitrogen and oxygen atoms in total. The summed E-state index contributed by atoms with van der Waals surface area (Å²) in [5.74, 6) is -0.327. The number of nitrogens with zero attached hydrogens (tertiary/aromatic N) is 1. The van der Waals surface area contributed by atoms with Crippen LogP contribution in [-0.2, 0) is 13.6 Å². The summed E-state index contributed by atoms with van der Waals surface area (Å²) in [4.78, 5) is 11.2. The van der Waals surface area contributed by atoms with Gasteiger partial charge in [-0.2, -0.15) is 0 Å². The molecule has 1 aromatic heterocycles. The van der Waals surface area contributed by atoms with Crippen LogP contribution in [0.3, 0.4) is 0 Å². The van der Waals surface area contributed by atoms with E-state index >= 15 is 0 Å². The number of benzene rings is 1. The molecule has 2 rings (SSSR count). The fourth-order valence-corrected chi connectivity index (χ4v) is 1.67. The van der Waals surface area contributed by atoms with Crippen LogP contribution in [0.1, 0.15) is 5.56 Å². The molecule has 1 aromatic carbocycles. The van der Waals surface area contributed by atoms with E-state index in [-0.39, 0.29) is 11.4 Å². The Balaban J connectivity index is 2.53. The number of rotatable bonds is 2. The molecule has 0 aliphatic heterocycles. The standard InChI is InChI=1S/C13H13FN2O/c1-16-8-10(3-5-13(16)17)11-4-2-9(7-15)6-12(11)14/h2-6,8H,7,15H2,1H3. The van der Waals surface area contributed by atoms with Gasteiger partial charge in [0.05, 0.1) is 0 Å². The van der Waals surface area contributed by atoms with Crippen LogP contribution >= 0.6 is 0 Å². The minimum absolute atomic E-state index is 0.118. The van der Waals surface area contributed by atoms with Crippen molar-refractivity contribution < 1.29 is 4.39 Å². The Bertz CT molecular complexity index is 605. The lowest BCUT2D eigenvalue weighted by Gasteiger charge is -2.06. The minimum Gasteiger partial charge on any atom is -0.326 e. The minimum atomic E-state index is -0.327. The molecule has 0 saturated heterocycles. The third-order valence-corrected chi connectivity index (χ3v) is 2.67. The van der Waals surface area contributed by atoms with Crippen LogP contribution in [0.15, 0.2) is 41.3 Å². The second-order valence-electron chi connectivity index (χ2n) is 3.89. The van der Waals surface area contributed by atoms with Gasteiger partial charge in [0, 0.05) is 37.0 Å². The zero-order chi connectivity index (χ0) is 12.4. The molecule has 0 unspecified atom stereocenters. The molecular weight excluding hydrogens is 219 g/mol. The lowest BCUT2D eigenvalue weighted by molar-refractivity contribution is 0.628. The molecule has 0 spiro atoms. The number of hydrogen-bond donors (Lipinski definition) is 1. The first-order valence-corrected chi connectivity index (χ1v) is 5.27. The average molecular weight is 232 g/mol. The van der Waals surface area contributed by atoms with Gasteiger partial charge in [-0.3, -0.25) is 4.79 Å². The topological polar surface area (TPSA) is 48.0 Å². The number of aryl methyl sites for hydroxylation is 1. The SMILES string of the molecule is Cn1cc(-c2ccc(CN)cc2F)ccc1=O. The van der Waals surface area contributed by atoms with E-state index in [9.17, 15) is 9.18 Å². The van der Waals surface area contributed by atoms with Crippen molar-refractivity contribution in [1.82, 2.24) is 4.57 Å². The molecule has 17 heavy (non-hydrogen) atoms. The second kappa shape index (κ2) is 4.51. The molecule has 0 saturated carbocycles. The maximum atomic E-state index is 13.8. The van der Waals surface area contributed by atoms with Gasteiger partial charge in [0.15, 0.2) is 0 Å². The van der Waals surface area contributed by atoms with Crippen molar-refractivity contribution >= 4 is 0 Å². The Morgan fingerprint density at radius 2 is 2.06 bits per heavy atom. The lowest BCUT2D eigenvalue weighted by Crippen LogP contribution is -2.14. The van der Waals surface area contributed by atoms with E-state index in [0.29, 0.717) is 17.7 Å². The van der Waals surface area contributed by atoms with Crippen LogP contribution in [-0.4, -0.2) is 4.57 Å². The zero-order valence-corrected chi connectivity index (χ0v) is 9.48. The maximum Gasteiger partial charge on any atom is 0.250 e. The first-order valence-electron chi connectivity index (χ1n) is 5.27. The van der Waals surface area contributed by atoms with E-state index in [0.717, 1.165) is 5.56 Å². The van der Waals surface area contributed by atoms with Crippen LogP contribution in [0, 0.1) is 5.82 Å². The summed E-state index contributed by atoms with van der Waals surface area (Å²) >= 11 is 0. The maximum absolute atomic E-state index is 13.8. The third-order valence-electron chi connectivity index (χ3n) is 2.67. The van der Waals surface area contributed by atoms with Crippen LogP contribution in [0.4, 0.5) is 4.39 Å². The summed E-state index contributed by atoms with van der Waals surface area (Å²) in [6.45, 7) is 0.310. The summed E-state index contributed by atoms with van der Waals surface area (Å²) in [5, 5.41) is 0. The molecule has 0 fully saturated rings. The van der Waals surface area contributed by atoms with Crippen molar-refractivity contribution in [3.05, 3.63) is 58.3 Å². The van der Waals surface area contributed by atoms with Crippen molar-refractivity contribution in [3.8, 4) is 11.1 Å². The molecule has 0 bridgehead atoms. The normalized spacial score (nSPS) is 10.5. The van der Waals surface area contributed by atoms with E-state index in [1.54, 1.807) is 31.4 Å². The molecule has 4 heteroatoms. The molecule has 0 atom stereocenters. The van der Waals surface area contributed by atoms with Gasteiger partial charge >= 0.3 is 0 Å². The highest BCUT2D eigenvalue weighted by atomic mass is 19.1. The number of nitrogens with two attached hydrogens (primary N) is 1. The van der Waals surface area contributed by atoms with Gasteiger partial charge in [-0.1, -0.05) is 12.1 Å². The van der Waals surface area contributed by atoms with Crippen molar-refractivity contribution in [1.29, 1.82) is 0 Å². The molecule has 0 aliphatic carbocycles. The summed E-state index contributed by atoms with van der Waals surface area (Å²) in [5.41, 5.74) is 7.21. The van der Waals surface area contributed by atoms with Crippen molar-refractivity contribution in [2.75, 3.05) is 0 Å². The highest BCUT2D eigenvalue weighted by molar-refractivity contribution is 5.63. The largest absolute Gasteiger partial charge is 0.326 e. The predicted octanol–water partition coefficient (Wildman–Crippen LogP) is 1.65.